The third kappa shape index (κ3) is 10.2. The van der Waals surface area contributed by atoms with E-state index >= 15 is 0 Å². The molecule has 3 atom stereocenters. The molecular formula is C35H55N7O7S. The van der Waals surface area contributed by atoms with E-state index in [4.69, 9.17) is 0 Å². The molecule has 1 aromatic rings. The van der Waals surface area contributed by atoms with Gasteiger partial charge >= 0.3 is 6.03 Å². The lowest BCUT2D eigenvalue weighted by molar-refractivity contribution is -0.143. The number of anilines is 1. The lowest BCUT2D eigenvalue weighted by Gasteiger charge is -2.40. The number of hydrogen-bond donors (Lipinski definition) is 4. The third-order valence-corrected chi connectivity index (χ3v) is 11.8. The minimum absolute atomic E-state index is 0.00118. The van der Waals surface area contributed by atoms with Crippen LogP contribution in [0.3, 0.4) is 0 Å². The Bertz CT molecular complexity index is 1490. The van der Waals surface area contributed by atoms with Crippen LogP contribution in [0.25, 0.3) is 0 Å². The van der Waals surface area contributed by atoms with Gasteiger partial charge in [-0.3, -0.25) is 23.5 Å². The monoisotopic (exact) mass is 717 g/mol. The van der Waals surface area contributed by atoms with Gasteiger partial charge in [0, 0.05) is 25.8 Å². The highest BCUT2D eigenvalue weighted by atomic mass is 32.2. The molecule has 3 aliphatic rings. The smallest absolute Gasteiger partial charge is 0.315 e. The zero-order valence-corrected chi connectivity index (χ0v) is 30.9. The minimum atomic E-state index is -3.89. The molecule has 0 aromatic carbocycles. The second-order valence-electron chi connectivity index (χ2n) is 15.2. The van der Waals surface area contributed by atoms with Crippen LogP contribution in [-0.4, -0.2) is 96.9 Å². The third-order valence-electron chi connectivity index (χ3n) is 9.88. The Hall–Kier alpha value is -3.75. The van der Waals surface area contributed by atoms with Gasteiger partial charge in [-0.1, -0.05) is 65.9 Å². The topological polar surface area (TPSA) is 187 Å². The molecule has 3 fully saturated rings. The first-order valence-electron chi connectivity index (χ1n) is 18.0. The Balaban J connectivity index is 1.47. The highest BCUT2D eigenvalue weighted by molar-refractivity contribution is 7.92. The molecule has 1 saturated heterocycles. The van der Waals surface area contributed by atoms with Gasteiger partial charge in [-0.2, -0.15) is 0 Å². The van der Waals surface area contributed by atoms with E-state index in [2.05, 4.69) is 26.3 Å². The van der Waals surface area contributed by atoms with Gasteiger partial charge in [-0.05, 0) is 62.5 Å². The number of ketones is 1. The Morgan fingerprint density at radius 3 is 2.32 bits per heavy atom. The second-order valence-corrected chi connectivity index (χ2v) is 17.2. The maximum Gasteiger partial charge on any atom is 0.315 e. The molecule has 15 heteroatoms. The van der Waals surface area contributed by atoms with Crippen molar-refractivity contribution in [3.63, 3.8) is 0 Å². The fraction of sp³-hybridized carbons (Fsp3) is 0.714. The molecule has 5 amide bonds. The molecule has 278 valence electrons. The number of amides is 5. The molecule has 1 aliphatic heterocycles. The Morgan fingerprint density at radius 1 is 1.02 bits per heavy atom. The molecule has 4 rings (SSSR count). The number of Topliss-reactive ketones (excluding diaryl/α,β-unsaturated/α-hetero) is 1. The summed E-state index contributed by atoms with van der Waals surface area (Å²) in [6.45, 7) is 7.66. The van der Waals surface area contributed by atoms with Crippen LogP contribution in [0.5, 0.6) is 0 Å². The predicted molar refractivity (Wildman–Crippen MR) is 190 cm³/mol. The average Bonchev–Trinajstić information content (AvgIpc) is 3.74. The molecular weight excluding hydrogens is 662 g/mol. The number of sulfonamides is 1. The number of nitrogens with zero attached hydrogens (tertiary/aromatic N) is 3. The van der Waals surface area contributed by atoms with Gasteiger partial charge in [0.15, 0.2) is 0 Å². The van der Waals surface area contributed by atoms with Crippen LogP contribution in [0.4, 0.5) is 10.6 Å². The van der Waals surface area contributed by atoms with Crippen molar-refractivity contribution in [2.75, 3.05) is 23.7 Å². The van der Waals surface area contributed by atoms with Crippen LogP contribution in [0.2, 0.25) is 0 Å². The van der Waals surface area contributed by atoms with Crippen molar-refractivity contribution in [1.29, 1.82) is 0 Å². The maximum atomic E-state index is 14.2. The van der Waals surface area contributed by atoms with E-state index in [9.17, 15) is 32.4 Å². The summed E-state index contributed by atoms with van der Waals surface area (Å²) < 4.78 is 28.3. The lowest BCUT2D eigenvalue weighted by Crippen LogP contribution is -2.63. The number of unbranched alkanes of at least 4 members (excludes halogenated alkanes) is 1. The first-order chi connectivity index (χ1) is 23.6. The van der Waals surface area contributed by atoms with Crippen LogP contribution in [0.15, 0.2) is 24.4 Å². The summed E-state index contributed by atoms with van der Waals surface area (Å²) in [5.74, 6) is -2.42. The summed E-state index contributed by atoms with van der Waals surface area (Å²) in [6.07, 6.45) is 9.09. The molecule has 2 heterocycles. The summed E-state index contributed by atoms with van der Waals surface area (Å²) in [5, 5.41) is 11.3. The SMILES string of the molecule is CCCCC(NC(=O)[C@@H]1CCCN1C(=O)[C@@H](NC(=O)NC1(CS(=O)(=O)N(C)c2ccccn2)CCCCC1)C(C)(C)C)C(=O)C(=O)NC1CC1. The summed E-state index contributed by atoms with van der Waals surface area (Å²) in [4.78, 5) is 72.7. The van der Waals surface area contributed by atoms with E-state index < -0.39 is 68.6 Å². The number of carbonyl (C=O) groups is 5. The molecule has 0 radical (unpaired) electrons. The normalized spacial score (nSPS) is 20.3. The molecule has 0 bridgehead atoms. The number of aromatic nitrogens is 1. The summed E-state index contributed by atoms with van der Waals surface area (Å²) in [7, 11) is -2.45. The largest absolute Gasteiger partial charge is 0.347 e. The number of nitrogens with one attached hydrogen (secondary N) is 4. The average molecular weight is 718 g/mol. The maximum absolute atomic E-state index is 14.2. The van der Waals surface area contributed by atoms with Gasteiger partial charge in [0.05, 0.1) is 17.3 Å². The van der Waals surface area contributed by atoms with E-state index in [1.54, 1.807) is 18.2 Å². The van der Waals surface area contributed by atoms with Gasteiger partial charge in [-0.25, -0.2) is 18.2 Å². The fourth-order valence-electron chi connectivity index (χ4n) is 6.78. The molecule has 50 heavy (non-hydrogen) atoms. The summed E-state index contributed by atoms with van der Waals surface area (Å²) in [5.41, 5.74) is -1.83. The molecule has 14 nitrogen and oxygen atoms in total. The molecule has 0 spiro atoms. The summed E-state index contributed by atoms with van der Waals surface area (Å²) >= 11 is 0. The van der Waals surface area contributed by atoms with Crippen molar-refractivity contribution in [2.24, 2.45) is 5.41 Å². The number of rotatable bonds is 15. The minimum Gasteiger partial charge on any atom is -0.347 e. The highest BCUT2D eigenvalue weighted by Crippen LogP contribution is 2.32. The van der Waals surface area contributed by atoms with Crippen molar-refractivity contribution in [3.05, 3.63) is 24.4 Å². The first-order valence-corrected chi connectivity index (χ1v) is 19.6. The Kier molecular flexibility index (Phi) is 12.9. The quantitative estimate of drug-likeness (QED) is 0.200. The van der Waals surface area contributed by atoms with Crippen molar-refractivity contribution < 1.29 is 32.4 Å². The van der Waals surface area contributed by atoms with Crippen LogP contribution in [0, 0.1) is 5.41 Å². The van der Waals surface area contributed by atoms with Gasteiger partial charge in [0.2, 0.25) is 27.6 Å². The standard InChI is InChI=1S/C35H55N7O7S/c1-6-7-14-25(28(43)31(45)37-24-17-18-24)38-30(44)26-15-13-22-42(26)32(46)29(34(2,3)4)39-33(47)40-35(19-10-8-11-20-35)23-50(48,49)41(5)27-16-9-12-21-36-27/h9,12,16,21,24-26,29H,6-8,10-11,13-15,17-20,22-23H2,1-5H3,(H,37,45)(H,38,44)(H2,39,40,47)/t25?,26-,29+/m0/s1. The van der Waals surface area contributed by atoms with Gasteiger partial charge in [0.25, 0.3) is 5.91 Å². The van der Waals surface area contributed by atoms with E-state index in [0.717, 1.165) is 42.8 Å². The molecule has 4 N–H and O–H groups in total. The number of urea groups is 1. The zero-order chi connectivity index (χ0) is 36.7. The number of pyridine rings is 1. The van der Waals surface area contributed by atoms with E-state index in [1.165, 1.54) is 18.1 Å². The van der Waals surface area contributed by atoms with Gasteiger partial charge in [-0.15, -0.1) is 0 Å². The van der Waals surface area contributed by atoms with Crippen LogP contribution in [-0.2, 0) is 29.2 Å². The lowest BCUT2D eigenvalue weighted by atomic mass is 9.83. The highest BCUT2D eigenvalue weighted by Gasteiger charge is 2.45. The van der Waals surface area contributed by atoms with Crippen molar-refractivity contribution in [3.8, 4) is 0 Å². The summed E-state index contributed by atoms with van der Waals surface area (Å²) in [6, 6.07) is 1.41. The van der Waals surface area contributed by atoms with Crippen LogP contribution < -0.4 is 25.6 Å². The number of likely N-dealkylation sites (tertiary alicyclic amines) is 1. The van der Waals surface area contributed by atoms with Crippen molar-refractivity contribution in [2.45, 2.75) is 134 Å². The Morgan fingerprint density at radius 2 is 1.72 bits per heavy atom. The molecule has 2 saturated carbocycles. The van der Waals surface area contributed by atoms with Gasteiger partial charge < -0.3 is 26.2 Å². The zero-order valence-electron chi connectivity index (χ0n) is 30.1. The molecule has 1 unspecified atom stereocenters. The van der Waals surface area contributed by atoms with E-state index in [-0.39, 0.29) is 24.2 Å². The number of hydrogen-bond acceptors (Lipinski definition) is 8. The van der Waals surface area contributed by atoms with Crippen LogP contribution in [0.1, 0.15) is 105 Å². The molecule has 2 aliphatic carbocycles. The molecule has 1 aromatic heterocycles. The van der Waals surface area contributed by atoms with Crippen molar-refractivity contribution in [1.82, 2.24) is 31.2 Å². The second kappa shape index (κ2) is 16.5. The fourth-order valence-corrected chi connectivity index (χ4v) is 8.42. The Labute approximate surface area is 296 Å². The van der Waals surface area contributed by atoms with Crippen molar-refractivity contribution >= 4 is 45.4 Å². The van der Waals surface area contributed by atoms with E-state index in [1.807, 2.05) is 27.7 Å². The van der Waals surface area contributed by atoms with Crippen LogP contribution >= 0.6 is 0 Å². The van der Waals surface area contributed by atoms with Gasteiger partial charge in [0.1, 0.15) is 17.9 Å². The van der Waals surface area contributed by atoms with E-state index in [0.29, 0.717) is 38.5 Å². The first kappa shape index (κ1) is 39.0. The number of carbonyl (C=O) groups excluding carboxylic acids is 5. The predicted octanol–water partition coefficient (Wildman–Crippen LogP) is 2.78.